The van der Waals surface area contributed by atoms with Gasteiger partial charge in [-0.15, -0.1) is 0 Å². The van der Waals surface area contributed by atoms with Gasteiger partial charge in [0.05, 0.1) is 17.8 Å². The molecular weight excluding hydrogens is 393 g/mol. The predicted molar refractivity (Wildman–Crippen MR) is 117 cm³/mol. The molecular formula is C23H22FN7. The second-order valence-corrected chi connectivity index (χ2v) is 7.12. The highest BCUT2D eigenvalue weighted by Gasteiger charge is 2.15. The Hall–Kier alpha value is -3.83. The van der Waals surface area contributed by atoms with Crippen molar-refractivity contribution < 1.29 is 4.39 Å². The van der Waals surface area contributed by atoms with Gasteiger partial charge in [-0.2, -0.15) is 10.2 Å². The predicted octanol–water partition coefficient (Wildman–Crippen LogP) is 3.86. The lowest BCUT2D eigenvalue weighted by atomic mass is 10.1. The first kappa shape index (κ1) is 20.4. The smallest absolute Gasteiger partial charge is 0.225 e. The standard InChI is InChI=1S/C23H22FN7/c24-19-6-2-1-5-18(19)14-27-23-28-15-20-22(30-23)31(12-4-3-11-25)21(29-20)17-9-7-16(13-26)8-10-17/h1-2,5-10,15H,3-4,11-12,14,25H2,(H,27,28,30). The highest BCUT2D eigenvalue weighted by Crippen LogP contribution is 2.25. The Balaban J connectivity index is 1.68. The molecule has 7 nitrogen and oxygen atoms in total. The molecule has 8 heteroatoms. The van der Waals surface area contributed by atoms with E-state index in [2.05, 4.69) is 21.4 Å². The second kappa shape index (κ2) is 9.32. The van der Waals surface area contributed by atoms with Gasteiger partial charge in [0.2, 0.25) is 5.95 Å². The van der Waals surface area contributed by atoms with Gasteiger partial charge in [0.1, 0.15) is 17.2 Å². The Morgan fingerprint density at radius 2 is 1.87 bits per heavy atom. The molecule has 31 heavy (non-hydrogen) atoms. The quantitative estimate of drug-likeness (QED) is 0.424. The first-order valence-corrected chi connectivity index (χ1v) is 10.1. The van der Waals surface area contributed by atoms with E-state index in [1.54, 1.807) is 36.5 Å². The van der Waals surface area contributed by atoms with Gasteiger partial charge in [-0.25, -0.2) is 14.4 Å². The van der Waals surface area contributed by atoms with Crippen molar-refractivity contribution in [2.24, 2.45) is 5.73 Å². The molecule has 0 saturated heterocycles. The molecule has 0 aliphatic carbocycles. The van der Waals surface area contributed by atoms with Crippen LogP contribution in [0.25, 0.3) is 22.6 Å². The SMILES string of the molecule is N#Cc1ccc(-c2nc3cnc(NCc4ccccc4F)nc3n2CCCCN)cc1. The van der Waals surface area contributed by atoms with Gasteiger partial charge < -0.3 is 15.6 Å². The Morgan fingerprint density at radius 3 is 2.61 bits per heavy atom. The second-order valence-electron chi connectivity index (χ2n) is 7.12. The van der Waals surface area contributed by atoms with Crippen LogP contribution < -0.4 is 11.1 Å². The number of benzene rings is 2. The first-order valence-electron chi connectivity index (χ1n) is 10.1. The van der Waals surface area contributed by atoms with E-state index < -0.39 is 0 Å². The van der Waals surface area contributed by atoms with Crippen LogP contribution in [0.5, 0.6) is 0 Å². The minimum atomic E-state index is -0.272. The summed E-state index contributed by atoms with van der Waals surface area (Å²) in [5.41, 5.74) is 9.07. The van der Waals surface area contributed by atoms with E-state index in [9.17, 15) is 4.39 Å². The number of aromatic nitrogens is 4. The highest BCUT2D eigenvalue weighted by molar-refractivity contribution is 5.77. The molecule has 3 N–H and O–H groups in total. The Kier molecular flexibility index (Phi) is 6.15. The van der Waals surface area contributed by atoms with Crippen molar-refractivity contribution in [3.63, 3.8) is 0 Å². The molecule has 0 aliphatic heterocycles. The maximum atomic E-state index is 13.9. The van der Waals surface area contributed by atoms with E-state index >= 15 is 0 Å². The van der Waals surface area contributed by atoms with Gasteiger partial charge in [0.15, 0.2) is 5.65 Å². The molecule has 0 fully saturated rings. The minimum Gasteiger partial charge on any atom is -0.350 e. The normalized spacial score (nSPS) is 10.9. The third kappa shape index (κ3) is 4.52. The number of halogens is 1. The van der Waals surface area contributed by atoms with E-state index in [1.807, 2.05) is 16.7 Å². The minimum absolute atomic E-state index is 0.272. The summed E-state index contributed by atoms with van der Waals surface area (Å²) in [7, 11) is 0. The number of imidazole rings is 1. The number of fused-ring (bicyclic) bond motifs is 1. The van der Waals surface area contributed by atoms with Crippen LogP contribution in [0.1, 0.15) is 24.0 Å². The summed E-state index contributed by atoms with van der Waals surface area (Å²) < 4.78 is 15.9. The monoisotopic (exact) mass is 415 g/mol. The molecule has 0 bridgehead atoms. The van der Waals surface area contributed by atoms with Crippen LogP contribution in [0.15, 0.2) is 54.7 Å². The van der Waals surface area contributed by atoms with Gasteiger partial charge in [-0.3, -0.25) is 0 Å². The molecule has 156 valence electrons. The zero-order valence-electron chi connectivity index (χ0n) is 16.9. The van der Waals surface area contributed by atoms with E-state index in [0.717, 1.165) is 24.2 Å². The summed E-state index contributed by atoms with van der Waals surface area (Å²) in [6, 6.07) is 16.0. The number of nitrogens with one attached hydrogen (secondary N) is 1. The molecule has 0 saturated carbocycles. The van der Waals surface area contributed by atoms with E-state index in [4.69, 9.17) is 16.0 Å². The molecule has 0 aliphatic rings. The average Bonchev–Trinajstić information content (AvgIpc) is 3.16. The fourth-order valence-electron chi connectivity index (χ4n) is 3.36. The number of nitrogens with two attached hydrogens (primary N) is 1. The molecule has 2 aromatic heterocycles. The summed E-state index contributed by atoms with van der Waals surface area (Å²) in [6.45, 7) is 1.60. The van der Waals surface area contributed by atoms with Crippen molar-refractivity contribution in [2.45, 2.75) is 25.9 Å². The fourth-order valence-corrected chi connectivity index (χ4v) is 3.36. The molecule has 0 unspecified atom stereocenters. The number of nitriles is 1. The largest absolute Gasteiger partial charge is 0.350 e. The lowest BCUT2D eigenvalue weighted by Gasteiger charge is -2.10. The van der Waals surface area contributed by atoms with Gasteiger partial charge in [-0.1, -0.05) is 18.2 Å². The topological polar surface area (TPSA) is 105 Å². The number of anilines is 1. The van der Waals surface area contributed by atoms with Crippen LogP contribution >= 0.6 is 0 Å². The number of nitrogens with zero attached hydrogens (tertiary/aromatic N) is 5. The van der Waals surface area contributed by atoms with Crippen molar-refractivity contribution in [3.8, 4) is 17.5 Å². The van der Waals surface area contributed by atoms with Crippen molar-refractivity contribution in [2.75, 3.05) is 11.9 Å². The lowest BCUT2D eigenvalue weighted by molar-refractivity contribution is 0.612. The summed E-state index contributed by atoms with van der Waals surface area (Å²) in [5, 5.41) is 12.2. The number of unbranched alkanes of at least 4 members (excludes halogenated alkanes) is 1. The van der Waals surface area contributed by atoms with Crippen LogP contribution in [0.3, 0.4) is 0 Å². The summed E-state index contributed by atoms with van der Waals surface area (Å²) in [6.07, 6.45) is 3.43. The van der Waals surface area contributed by atoms with E-state index in [1.165, 1.54) is 6.07 Å². The fraction of sp³-hybridized carbons (Fsp3) is 0.217. The summed E-state index contributed by atoms with van der Waals surface area (Å²) in [4.78, 5) is 13.7. The Morgan fingerprint density at radius 1 is 1.06 bits per heavy atom. The van der Waals surface area contributed by atoms with Crippen LogP contribution in [0.4, 0.5) is 10.3 Å². The number of rotatable bonds is 8. The molecule has 4 aromatic rings. The maximum absolute atomic E-state index is 13.9. The highest BCUT2D eigenvalue weighted by atomic mass is 19.1. The zero-order chi connectivity index (χ0) is 21.6. The third-order valence-electron chi connectivity index (χ3n) is 4.99. The molecule has 4 rings (SSSR count). The van der Waals surface area contributed by atoms with Crippen molar-refractivity contribution in [1.82, 2.24) is 19.5 Å². The van der Waals surface area contributed by atoms with Gasteiger partial charge in [0.25, 0.3) is 0 Å². The average molecular weight is 415 g/mol. The molecule has 0 radical (unpaired) electrons. The summed E-state index contributed by atoms with van der Waals surface area (Å²) in [5.74, 6) is 0.894. The van der Waals surface area contributed by atoms with Gasteiger partial charge in [-0.05, 0) is 49.7 Å². The molecule has 2 aromatic carbocycles. The van der Waals surface area contributed by atoms with Crippen LogP contribution in [0, 0.1) is 17.1 Å². The summed E-state index contributed by atoms with van der Waals surface area (Å²) >= 11 is 0. The van der Waals surface area contributed by atoms with Crippen LogP contribution in [-0.2, 0) is 13.1 Å². The number of hydrogen-bond donors (Lipinski definition) is 2. The molecule has 0 atom stereocenters. The maximum Gasteiger partial charge on any atom is 0.225 e. The van der Waals surface area contributed by atoms with Crippen molar-refractivity contribution >= 4 is 17.1 Å². The zero-order valence-corrected chi connectivity index (χ0v) is 16.9. The molecule has 0 amide bonds. The van der Waals surface area contributed by atoms with Crippen LogP contribution in [0.2, 0.25) is 0 Å². The number of hydrogen-bond acceptors (Lipinski definition) is 6. The Labute approximate surface area is 179 Å². The van der Waals surface area contributed by atoms with Crippen LogP contribution in [-0.4, -0.2) is 26.1 Å². The third-order valence-corrected chi connectivity index (χ3v) is 4.99. The molecule has 2 heterocycles. The first-order chi connectivity index (χ1) is 15.2. The Bertz CT molecular complexity index is 1230. The van der Waals surface area contributed by atoms with Crippen molar-refractivity contribution in [3.05, 3.63) is 71.7 Å². The lowest BCUT2D eigenvalue weighted by Crippen LogP contribution is -2.08. The van der Waals surface area contributed by atoms with Gasteiger partial charge in [0, 0.05) is 24.2 Å². The number of aryl methyl sites for hydroxylation is 1. The van der Waals surface area contributed by atoms with E-state index in [0.29, 0.717) is 41.3 Å². The van der Waals surface area contributed by atoms with E-state index in [-0.39, 0.29) is 12.4 Å². The van der Waals surface area contributed by atoms with Gasteiger partial charge >= 0.3 is 0 Å². The van der Waals surface area contributed by atoms with Crippen molar-refractivity contribution in [1.29, 1.82) is 5.26 Å². The molecule has 0 spiro atoms.